The van der Waals surface area contributed by atoms with E-state index < -0.39 is 23.6 Å². The van der Waals surface area contributed by atoms with Crippen LogP contribution in [0.25, 0.3) is 0 Å². The maximum atomic E-state index is 13.2. The second kappa shape index (κ2) is 6.20. The van der Waals surface area contributed by atoms with Crippen LogP contribution >= 0.6 is 0 Å². The Morgan fingerprint density at radius 2 is 2.24 bits per heavy atom. The highest BCUT2D eigenvalue weighted by Crippen LogP contribution is 2.21. The number of aromatic hydroxyl groups is 1. The van der Waals surface area contributed by atoms with Gasteiger partial charge in [0.05, 0.1) is 6.61 Å². The molecule has 1 aromatic rings. The van der Waals surface area contributed by atoms with Gasteiger partial charge in [-0.2, -0.15) is 0 Å². The molecule has 0 aromatic heterocycles. The molecule has 1 rings (SSSR count). The first kappa shape index (κ1) is 13.4. The van der Waals surface area contributed by atoms with E-state index in [4.69, 9.17) is 9.84 Å². The van der Waals surface area contributed by atoms with Crippen molar-refractivity contribution in [3.8, 4) is 5.75 Å². The average Bonchev–Trinajstić information content (AvgIpc) is 2.30. The summed E-state index contributed by atoms with van der Waals surface area (Å²) in [4.78, 5) is 11.7. The standard InChI is InChI=1S/C12H16FNO3/c1-3-14-11(12(16)17-4-2)8-5-6-10(15)9(13)7-8/h5-7,11,14-15H,3-4H2,1-2H3. The Morgan fingerprint density at radius 1 is 1.53 bits per heavy atom. The predicted molar refractivity (Wildman–Crippen MR) is 61.1 cm³/mol. The molecule has 94 valence electrons. The molecular weight excluding hydrogens is 225 g/mol. The van der Waals surface area contributed by atoms with E-state index in [-0.39, 0.29) is 6.61 Å². The van der Waals surface area contributed by atoms with Gasteiger partial charge >= 0.3 is 5.97 Å². The minimum Gasteiger partial charge on any atom is -0.505 e. The molecule has 0 aliphatic carbocycles. The molecule has 0 saturated heterocycles. The predicted octanol–water partition coefficient (Wildman–Crippen LogP) is 1.74. The van der Waals surface area contributed by atoms with Crippen molar-refractivity contribution in [1.82, 2.24) is 5.32 Å². The van der Waals surface area contributed by atoms with Crippen LogP contribution in [0, 0.1) is 5.82 Å². The zero-order chi connectivity index (χ0) is 12.8. The molecule has 17 heavy (non-hydrogen) atoms. The number of phenolic OH excluding ortho intramolecular Hbond substituents is 1. The molecular formula is C12H16FNO3. The van der Waals surface area contributed by atoms with E-state index in [1.165, 1.54) is 12.1 Å². The fraction of sp³-hybridized carbons (Fsp3) is 0.417. The normalized spacial score (nSPS) is 12.2. The summed E-state index contributed by atoms with van der Waals surface area (Å²) in [6.45, 7) is 4.36. The quantitative estimate of drug-likeness (QED) is 0.771. The third kappa shape index (κ3) is 3.42. The second-order valence-electron chi connectivity index (χ2n) is 3.45. The minimum atomic E-state index is -0.755. The maximum Gasteiger partial charge on any atom is 0.327 e. The SMILES string of the molecule is CCNC(C(=O)OCC)c1ccc(O)c(F)c1. The first-order chi connectivity index (χ1) is 8.10. The van der Waals surface area contributed by atoms with Crippen molar-refractivity contribution in [3.63, 3.8) is 0 Å². The Bertz CT molecular complexity index is 395. The number of ether oxygens (including phenoxy) is 1. The molecule has 0 aliphatic rings. The Balaban J connectivity index is 2.96. The summed E-state index contributed by atoms with van der Waals surface area (Å²) in [6, 6.07) is 3.12. The van der Waals surface area contributed by atoms with Gasteiger partial charge in [0.15, 0.2) is 11.6 Å². The van der Waals surface area contributed by atoms with Gasteiger partial charge in [0.25, 0.3) is 0 Å². The van der Waals surface area contributed by atoms with Crippen LogP contribution in [0.15, 0.2) is 18.2 Å². The molecule has 0 amide bonds. The van der Waals surface area contributed by atoms with Gasteiger partial charge in [-0.15, -0.1) is 0 Å². The largest absolute Gasteiger partial charge is 0.505 e. The molecule has 5 heteroatoms. The third-order valence-electron chi connectivity index (χ3n) is 2.24. The summed E-state index contributed by atoms with van der Waals surface area (Å²) >= 11 is 0. The Morgan fingerprint density at radius 3 is 2.76 bits per heavy atom. The highest BCUT2D eigenvalue weighted by Gasteiger charge is 2.21. The molecule has 0 saturated carbocycles. The zero-order valence-corrected chi connectivity index (χ0v) is 9.87. The summed E-state index contributed by atoms with van der Waals surface area (Å²) in [5, 5.41) is 12.0. The highest BCUT2D eigenvalue weighted by atomic mass is 19.1. The third-order valence-corrected chi connectivity index (χ3v) is 2.24. The number of carbonyl (C=O) groups excluding carboxylic acids is 1. The van der Waals surface area contributed by atoms with Gasteiger partial charge in [0.1, 0.15) is 6.04 Å². The summed E-state index contributed by atoms with van der Waals surface area (Å²) in [7, 11) is 0. The van der Waals surface area contributed by atoms with Crippen LogP contribution in [0.4, 0.5) is 4.39 Å². The summed E-state index contributed by atoms with van der Waals surface area (Å²) in [5.41, 5.74) is 0.431. The van der Waals surface area contributed by atoms with Crippen molar-refractivity contribution in [2.24, 2.45) is 0 Å². The maximum absolute atomic E-state index is 13.2. The number of phenols is 1. The van der Waals surface area contributed by atoms with Crippen molar-refractivity contribution >= 4 is 5.97 Å². The van der Waals surface area contributed by atoms with E-state index in [9.17, 15) is 9.18 Å². The molecule has 2 N–H and O–H groups in total. The average molecular weight is 241 g/mol. The number of halogens is 1. The van der Waals surface area contributed by atoms with Crippen molar-refractivity contribution < 1.29 is 19.0 Å². The lowest BCUT2D eigenvalue weighted by Crippen LogP contribution is -2.30. The van der Waals surface area contributed by atoms with Crippen LogP contribution in [0.3, 0.4) is 0 Å². The molecule has 0 bridgehead atoms. The molecule has 4 nitrogen and oxygen atoms in total. The first-order valence-corrected chi connectivity index (χ1v) is 5.48. The number of rotatable bonds is 5. The zero-order valence-electron chi connectivity index (χ0n) is 9.87. The number of esters is 1. The van der Waals surface area contributed by atoms with Gasteiger partial charge in [-0.25, -0.2) is 9.18 Å². The van der Waals surface area contributed by atoms with Crippen molar-refractivity contribution in [3.05, 3.63) is 29.6 Å². The molecule has 1 unspecified atom stereocenters. The minimum absolute atomic E-state index is 0.265. The smallest absolute Gasteiger partial charge is 0.327 e. The highest BCUT2D eigenvalue weighted by molar-refractivity contribution is 5.77. The van der Waals surface area contributed by atoms with Gasteiger partial charge in [0, 0.05) is 0 Å². The number of nitrogens with one attached hydrogen (secondary N) is 1. The lowest BCUT2D eigenvalue weighted by molar-refractivity contribution is -0.145. The number of hydrogen-bond acceptors (Lipinski definition) is 4. The van der Waals surface area contributed by atoms with Crippen LogP contribution < -0.4 is 5.32 Å². The van der Waals surface area contributed by atoms with Gasteiger partial charge < -0.3 is 15.2 Å². The fourth-order valence-corrected chi connectivity index (χ4v) is 1.47. The van der Waals surface area contributed by atoms with E-state index in [1.807, 2.05) is 6.92 Å². The summed E-state index contributed by atoms with van der Waals surface area (Å²) in [5.74, 6) is -1.65. The number of hydrogen-bond donors (Lipinski definition) is 2. The van der Waals surface area contributed by atoms with Gasteiger partial charge in [-0.05, 0) is 31.2 Å². The molecule has 0 spiro atoms. The number of likely N-dealkylation sites (N-methyl/N-ethyl adjacent to an activating group) is 1. The van der Waals surface area contributed by atoms with Crippen LogP contribution in [-0.2, 0) is 9.53 Å². The van der Waals surface area contributed by atoms with Crippen molar-refractivity contribution in [1.29, 1.82) is 0 Å². The summed E-state index contributed by atoms with van der Waals surface area (Å²) < 4.78 is 18.1. The lowest BCUT2D eigenvalue weighted by atomic mass is 10.1. The molecule has 1 atom stereocenters. The van der Waals surface area contributed by atoms with Crippen molar-refractivity contribution in [2.45, 2.75) is 19.9 Å². The van der Waals surface area contributed by atoms with Gasteiger partial charge in [-0.3, -0.25) is 0 Å². The molecule has 1 aromatic carbocycles. The molecule has 0 aliphatic heterocycles. The van der Waals surface area contributed by atoms with Crippen LogP contribution in [0.1, 0.15) is 25.5 Å². The van der Waals surface area contributed by atoms with Gasteiger partial charge in [0.2, 0.25) is 0 Å². The van der Waals surface area contributed by atoms with Crippen LogP contribution in [-0.4, -0.2) is 24.2 Å². The first-order valence-electron chi connectivity index (χ1n) is 5.48. The number of benzene rings is 1. The van der Waals surface area contributed by atoms with Crippen LogP contribution in [0.2, 0.25) is 0 Å². The molecule has 0 heterocycles. The molecule has 0 fully saturated rings. The van der Waals surface area contributed by atoms with E-state index in [1.54, 1.807) is 6.92 Å². The van der Waals surface area contributed by atoms with Crippen molar-refractivity contribution in [2.75, 3.05) is 13.2 Å². The molecule has 0 radical (unpaired) electrons. The Hall–Kier alpha value is -1.62. The van der Waals surface area contributed by atoms with Gasteiger partial charge in [-0.1, -0.05) is 13.0 Å². The van der Waals surface area contributed by atoms with Crippen LogP contribution in [0.5, 0.6) is 5.75 Å². The summed E-state index contributed by atoms with van der Waals surface area (Å²) in [6.07, 6.45) is 0. The lowest BCUT2D eigenvalue weighted by Gasteiger charge is -2.16. The number of carbonyl (C=O) groups is 1. The van der Waals surface area contributed by atoms with E-state index in [0.29, 0.717) is 12.1 Å². The topological polar surface area (TPSA) is 58.6 Å². The van der Waals surface area contributed by atoms with E-state index in [0.717, 1.165) is 6.07 Å². The van der Waals surface area contributed by atoms with E-state index >= 15 is 0 Å². The van der Waals surface area contributed by atoms with E-state index in [2.05, 4.69) is 5.32 Å². The Kier molecular flexibility index (Phi) is 4.90. The monoisotopic (exact) mass is 241 g/mol. The second-order valence-corrected chi connectivity index (χ2v) is 3.45. The Labute approximate surface area is 99.4 Å². The fourth-order valence-electron chi connectivity index (χ4n) is 1.47.